The van der Waals surface area contributed by atoms with Crippen LogP contribution in [0.2, 0.25) is 0 Å². The van der Waals surface area contributed by atoms with Crippen molar-refractivity contribution >= 4 is 5.69 Å². The predicted molar refractivity (Wildman–Crippen MR) is 73.6 cm³/mol. The molecule has 0 heterocycles. The smallest absolute Gasteiger partial charge is 0.0585 e. The maximum atomic E-state index is 9.15. The number of hydrogen-bond acceptors (Lipinski definition) is 3. The normalized spacial score (nSPS) is 12.5. The number of benzene rings is 1. The van der Waals surface area contributed by atoms with Crippen molar-refractivity contribution in [2.75, 3.05) is 31.6 Å². The molecule has 0 aliphatic heterocycles. The number of rotatable bonds is 7. The number of aryl methyl sites for hydroxylation is 1. The molecule has 0 spiro atoms. The van der Waals surface area contributed by atoms with E-state index in [0.717, 1.165) is 19.5 Å². The minimum atomic E-state index is 0.189. The van der Waals surface area contributed by atoms with Gasteiger partial charge in [-0.15, -0.1) is 0 Å². The maximum Gasteiger partial charge on any atom is 0.0585 e. The predicted octanol–water partition coefficient (Wildman–Crippen LogP) is 1.79. The molecule has 1 aromatic rings. The SMILES string of the molecule is CCN(CCC(CO)NC)c1cccc(C)c1. The molecule has 0 aromatic heterocycles. The zero-order chi connectivity index (χ0) is 12.7. The third-order valence-corrected chi connectivity index (χ3v) is 3.12. The van der Waals surface area contributed by atoms with Gasteiger partial charge in [0.1, 0.15) is 0 Å². The molecule has 1 atom stereocenters. The minimum Gasteiger partial charge on any atom is -0.395 e. The standard InChI is InChI=1S/C14H24N2O/c1-4-16(9-8-13(11-17)15-3)14-7-5-6-12(2)10-14/h5-7,10,13,15,17H,4,8-9,11H2,1-3H3. The Bertz CT molecular complexity index is 324. The summed E-state index contributed by atoms with van der Waals surface area (Å²) in [6, 6.07) is 8.74. The highest BCUT2D eigenvalue weighted by Gasteiger charge is 2.08. The van der Waals surface area contributed by atoms with Crippen molar-refractivity contribution in [3.63, 3.8) is 0 Å². The highest BCUT2D eigenvalue weighted by atomic mass is 16.3. The van der Waals surface area contributed by atoms with Crippen molar-refractivity contribution in [3.05, 3.63) is 29.8 Å². The first-order valence-corrected chi connectivity index (χ1v) is 6.31. The number of likely N-dealkylation sites (N-methyl/N-ethyl adjacent to an activating group) is 1. The van der Waals surface area contributed by atoms with E-state index in [4.69, 9.17) is 5.11 Å². The lowest BCUT2D eigenvalue weighted by Crippen LogP contribution is -2.34. The van der Waals surface area contributed by atoms with E-state index in [-0.39, 0.29) is 12.6 Å². The largest absolute Gasteiger partial charge is 0.395 e. The van der Waals surface area contributed by atoms with E-state index < -0.39 is 0 Å². The third kappa shape index (κ3) is 4.36. The Morgan fingerprint density at radius 1 is 1.41 bits per heavy atom. The monoisotopic (exact) mass is 236 g/mol. The molecule has 1 unspecified atom stereocenters. The summed E-state index contributed by atoms with van der Waals surface area (Å²) in [5.41, 5.74) is 2.55. The summed E-state index contributed by atoms with van der Waals surface area (Å²) in [7, 11) is 1.89. The summed E-state index contributed by atoms with van der Waals surface area (Å²) in [5.74, 6) is 0. The highest BCUT2D eigenvalue weighted by molar-refractivity contribution is 5.48. The number of aliphatic hydroxyl groups excluding tert-OH is 1. The first-order valence-electron chi connectivity index (χ1n) is 6.31. The minimum absolute atomic E-state index is 0.189. The van der Waals surface area contributed by atoms with Gasteiger partial charge >= 0.3 is 0 Å². The lowest BCUT2D eigenvalue weighted by Gasteiger charge is -2.25. The highest BCUT2D eigenvalue weighted by Crippen LogP contribution is 2.16. The second-order valence-corrected chi connectivity index (χ2v) is 4.38. The summed E-state index contributed by atoms with van der Waals surface area (Å²) in [4.78, 5) is 2.34. The van der Waals surface area contributed by atoms with Gasteiger partial charge in [-0.3, -0.25) is 0 Å². The van der Waals surface area contributed by atoms with Gasteiger partial charge in [-0.25, -0.2) is 0 Å². The van der Waals surface area contributed by atoms with E-state index in [2.05, 4.69) is 48.3 Å². The van der Waals surface area contributed by atoms with E-state index >= 15 is 0 Å². The third-order valence-electron chi connectivity index (χ3n) is 3.12. The molecule has 0 amide bonds. The molecule has 2 N–H and O–H groups in total. The van der Waals surface area contributed by atoms with Crippen LogP contribution >= 0.6 is 0 Å². The molecule has 0 saturated heterocycles. The summed E-state index contributed by atoms with van der Waals surface area (Å²) >= 11 is 0. The molecule has 0 saturated carbocycles. The van der Waals surface area contributed by atoms with Crippen LogP contribution in [-0.4, -0.2) is 37.9 Å². The van der Waals surface area contributed by atoms with Gasteiger partial charge in [-0.1, -0.05) is 12.1 Å². The Labute approximate surface area is 104 Å². The maximum absolute atomic E-state index is 9.15. The van der Waals surface area contributed by atoms with Gasteiger partial charge in [0, 0.05) is 24.8 Å². The van der Waals surface area contributed by atoms with Crippen LogP contribution in [0.15, 0.2) is 24.3 Å². The van der Waals surface area contributed by atoms with Crippen LogP contribution in [0.3, 0.4) is 0 Å². The van der Waals surface area contributed by atoms with Crippen LogP contribution in [0.25, 0.3) is 0 Å². The van der Waals surface area contributed by atoms with E-state index in [0.29, 0.717) is 0 Å². The molecule has 0 bridgehead atoms. The van der Waals surface area contributed by atoms with Crippen molar-refractivity contribution in [1.82, 2.24) is 5.32 Å². The molecular formula is C14H24N2O. The summed E-state index contributed by atoms with van der Waals surface area (Å²) in [6.07, 6.45) is 0.953. The van der Waals surface area contributed by atoms with Gasteiger partial charge in [0.05, 0.1) is 6.61 Å². The van der Waals surface area contributed by atoms with Gasteiger partial charge in [-0.2, -0.15) is 0 Å². The molecule has 1 aromatic carbocycles. The summed E-state index contributed by atoms with van der Waals surface area (Å²) in [5, 5.41) is 12.3. The number of aliphatic hydroxyl groups is 1. The fourth-order valence-corrected chi connectivity index (χ4v) is 1.93. The molecule has 0 fully saturated rings. The molecule has 0 radical (unpaired) electrons. The van der Waals surface area contributed by atoms with Gasteiger partial charge < -0.3 is 15.3 Å². The second-order valence-electron chi connectivity index (χ2n) is 4.38. The van der Waals surface area contributed by atoms with Crippen molar-refractivity contribution in [2.45, 2.75) is 26.3 Å². The zero-order valence-corrected chi connectivity index (χ0v) is 11.1. The van der Waals surface area contributed by atoms with Crippen molar-refractivity contribution in [3.8, 4) is 0 Å². The number of anilines is 1. The van der Waals surface area contributed by atoms with Gasteiger partial charge in [0.15, 0.2) is 0 Å². The fourth-order valence-electron chi connectivity index (χ4n) is 1.93. The molecule has 17 heavy (non-hydrogen) atoms. The van der Waals surface area contributed by atoms with E-state index in [1.165, 1.54) is 11.3 Å². The quantitative estimate of drug-likeness (QED) is 0.757. The van der Waals surface area contributed by atoms with E-state index in [1.807, 2.05) is 7.05 Å². The van der Waals surface area contributed by atoms with Crippen LogP contribution in [0, 0.1) is 6.92 Å². The van der Waals surface area contributed by atoms with Crippen molar-refractivity contribution in [2.24, 2.45) is 0 Å². The topological polar surface area (TPSA) is 35.5 Å². The Hall–Kier alpha value is -1.06. The lowest BCUT2D eigenvalue weighted by atomic mass is 10.1. The molecule has 3 heteroatoms. The molecule has 0 aliphatic carbocycles. The average molecular weight is 236 g/mol. The van der Waals surface area contributed by atoms with Gasteiger partial charge in [-0.05, 0) is 45.0 Å². The first-order chi connectivity index (χ1) is 8.21. The van der Waals surface area contributed by atoms with Crippen molar-refractivity contribution < 1.29 is 5.11 Å². The van der Waals surface area contributed by atoms with Crippen LogP contribution in [0.5, 0.6) is 0 Å². The van der Waals surface area contributed by atoms with Crippen molar-refractivity contribution in [1.29, 1.82) is 0 Å². The Morgan fingerprint density at radius 3 is 2.71 bits per heavy atom. The molecule has 96 valence electrons. The Morgan fingerprint density at radius 2 is 2.18 bits per heavy atom. The zero-order valence-electron chi connectivity index (χ0n) is 11.1. The number of nitrogens with zero attached hydrogens (tertiary/aromatic N) is 1. The van der Waals surface area contributed by atoms with Gasteiger partial charge in [0.25, 0.3) is 0 Å². The summed E-state index contributed by atoms with van der Waals surface area (Å²) < 4.78 is 0. The fraction of sp³-hybridized carbons (Fsp3) is 0.571. The van der Waals surface area contributed by atoms with E-state index in [9.17, 15) is 0 Å². The van der Waals surface area contributed by atoms with Crippen LogP contribution in [0.4, 0.5) is 5.69 Å². The lowest BCUT2D eigenvalue weighted by molar-refractivity contribution is 0.243. The number of hydrogen-bond donors (Lipinski definition) is 2. The second kappa shape index (κ2) is 7.30. The van der Waals surface area contributed by atoms with Gasteiger partial charge in [0.2, 0.25) is 0 Å². The molecule has 0 aliphatic rings. The Kier molecular flexibility index (Phi) is 6.01. The van der Waals surface area contributed by atoms with Crippen LogP contribution in [0.1, 0.15) is 18.9 Å². The molecular weight excluding hydrogens is 212 g/mol. The summed E-state index contributed by atoms with van der Waals surface area (Å²) in [6.45, 7) is 6.43. The molecule has 3 nitrogen and oxygen atoms in total. The first kappa shape index (κ1) is 14.0. The Balaban J connectivity index is 2.59. The van der Waals surface area contributed by atoms with Crippen LogP contribution in [-0.2, 0) is 0 Å². The van der Waals surface area contributed by atoms with E-state index in [1.54, 1.807) is 0 Å². The molecule has 1 rings (SSSR count). The van der Waals surface area contributed by atoms with Crippen LogP contribution < -0.4 is 10.2 Å². The average Bonchev–Trinajstić information content (AvgIpc) is 2.35. The number of nitrogens with one attached hydrogen (secondary N) is 1.